The number of pyridine rings is 1. The summed E-state index contributed by atoms with van der Waals surface area (Å²) in [4.78, 5) is 19.0. The lowest BCUT2D eigenvalue weighted by Gasteiger charge is -2.33. The molecule has 1 aliphatic carbocycles. The molecule has 3 aliphatic rings. The predicted molar refractivity (Wildman–Crippen MR) is 92.8 cm³/mol. The third-order valence-electron chi connectivity index (χ3n) is 5.93. The van der Waals surface area contributed by atoms with E-state index in [2.05, 4.69) is 15.2 Å². The average molecular weight is 329 g/mol. The molecule has 0 amide bonds. The van der Waals surface area contributed by atoms with Crippen molar-refractivity contribution in [3.63, 3.8) is 0 Å². The highest BCUT2D eigenvalue weighted by Crippen LogP contribution is 2.50. The molecule has 2 atom stereocenters. The Morgan fingerprint density at radius 2 is 2.29 bits per heavy atom. The molecule has 130 valence electrons. The van der Waals surface area contributed by atoms with E-state index < -0.39 is 0 Å². The Morgan fingerprint density at radius 1 is 1.42 bits per heavy atom. The molecule has 0 aromatic carbocycles. The Labute approximate surface area is 143 Å². The number of aromatic nitrogens is 1. The summed E-state index contributed by atoms with van der Waals surface area (Å²) in [5.41, 5.74) is 0.948. The SMILES string of the molecule is Cc1cccc(NC[C@@H]2CCN(C[C@H]3CC4(CCC4)C(=O)O3)C2)n1. The van der Waals surface area contributed by atoms with E-state index in [4.69, 9.17) is 4.74 Å². The number of rotatable bonds is 5. The second-order valence-corrected chi connectivity index (χ2v) is 7.82. The first-order valence-electron chi connectivity index (χ1n) is 9.24. The lowest BCUT2D eigenvalue weighted by molar-refractivity contribution is -0.152. The van der Waals surface area contributed by atoms with Crippen molar-refractivity contribution in [2.45, 2.75) is 45.1 Å². The Balaban J connectivity index is 1.23. The minimum Gasteiger partial charge on any atom is -0.461 e. The lowest BCUT2D eigenvalue weighted by Crippen LogP contribution is -2.34. The van der Waals surface area contributed by atoms with E-state index in [1.165, 1.54) is 12.8 Å². The summed E-state index contributed by atoms with van der Waals surface area (Å²) < 4.78 is 5.65. The van der Waals surface area contributed by atoms with E-state index in [1.54, 1.807) is 0 Å². The summed E-state index contributed by atoms with van der Waals surface area (Å²) >= 11 is 0. The number of hydrogen-bond donors (Lipinski definition) is 1. The average Bonchev–Trinajstić information content (AvgIpc) is 3.09. The maximum atomic E-state index is 12.1. The van der Waals surface area contributed by atoms with Crippen LogP contribution in [-0.4, -0.2) is 48.1 Å². The number of esters is 1. The molecule has 1 spiro atoms. The summed E-state index contributed by atoms with van der Waals surface area (Å²) in [6.45, 7) is 6.07. The standard InChI is InChI=1S/C19H27N3O2/c1-14-4-2-5-17(21-14)20-11-15-6-9-22(12-15)13-16-10-19(7-3-8-19)18(23)24-16/h2,4-5,15-16H,3,6-13H2,1H3,(H,20,21)/t15-,16+/m0/s1. The molecule has 1 aromatic heterocycles. The number of carbonyl (C=O) groups excluding carboxylic acids is 1. The van der Waals surface area contributed by atoms with Crippen LogP contribution in [0.3, 0.4) is 0 Å². The van der Waals surface area contributed by atoms with E-state index in [9.17, 15) is 4.79 Å². The van der Waals surface area contributed by atoms with Crippen LogP contribution in [0.25, 0.3) is 0 Å². The van der Waals surface area contributed by atoms with E-state index in [1.807, 2.05) is 25.1 Å². The first-order valence-corrected chi connectivity index (χ1v) is 9.24. The van der Waals surface area contributed by atoms with Crippen LogP contribution in [0.1, 0.15) is 37.8 Å². The lowest BCUT2D eigenvalue weighted by atomic mass is 9.67. The molecule has 2 aliphatic heterocycles. The highest BCUT2D eigenvalue weighted by Gasteiger charge is 2.53. The molecule has 24 heavy (non-hydrogen) atoms. The third kappa shape index (κ3) is 3.14. The normalized spacial score (nSPS) is 28.8. The minimum absolute atomic E-state index is 0.0710. The fraction of sp³-hybridized carbons (Fsp3) is 0.684. The van der Waals surface area contributed by atoms with E-state index >= 15 is 0 Å². The van der Waals surface area contributed by atoms with Crippen molar-refractivity contribution in [1.82, 2.24) is 9.88 Å². The summed E-state index contributed by atoms with van der Waals surface area (Å²) in [5.74, 6) is 1.67. The molecule has 0 unspecified atom stereocenters. The summed E-state index contributed by atoms with van der Waals surface area (Å²) in [5, 5.41) is 3.46. The Morgan fingerprint density at radius 3 is 3.00 bits per heavy atom. The van der Waals surface area contributed by atoms with Gasteiger partial charge in [-0.2, -0.15) is 0 Å². The van der Waals surface area contributed by atoms with Crippen LogP contribution in [0.4, 0.5) is 5.82 Å². The zero-order valence-corrected chi connectivity index (χ0v) is 14.5. The van der Waals surface area contributed by atoms with E-state index in [0.29, 0.717) is 5.92 Å². The molecular formula is C19H27N3O2. The molecule has 5 nitrogen and oxygen atoms in total. The van der Waals surface area contributed by atoms with Crippen LogP contribution in [-0.2, 0) is 9.53 Å². The first kappa shape index (κ1) is 15.9. The van der Waals surface area contributed by atoms with Gasteiger partial charge in [-0.1, -0.05) is 12.5 Å². The second-order valence-electron chi connectivity index (χ2n) is 7.82. The number of anilines is 1. The van der Waals surface area contributed by atoms with Crippen LogP contribution in [0, 0.1) is 18.3 Å². The van der Waals surface area contributed by atoms with Gasteiger partial charge >= 0.3 is 5.97 Å². The molecular weight excluding hydrogens is 302 g/mol. The van der Waals surface area contributed by atoms with Crippen molar-refractivity contribution < 1.29 is 9.53 Å². The highest BCUT2D eigenvalue weighted by atomic mass is 16.6. The van der Waals surface area contributed by atoms with Gasteiger partial charge in [-0.25, -0.2) is 4.98 Å². The monoisotopic (exact) mass is 329 g/mol. The second kappa shape index (κ2) is 6.36. The number of carbonyl (C=O) groups is 1. The molecule has 0 bridgehead atoms. The van der Waals surface area contributed by atoms with Crippen molar-refractivity contribution in [1.29, 1.82) is 0 Å². The van der Waals surface area contributed by atoms with Gasteiger partial charge in [0.25, 0.3) is 0 Å². The quantitative estimate of drug-likeness (QED) is 0.842. The summed E-state index contributed by atoms with van der Waals surface area (Å²) in [6.07, 6.45) is 5.52. The predicted octanol–water partition coefficient (Wildman–Crippen LogP) is 2.61. The van der Waals surface area contributed by atoms with Crippen molar-refractivity contribution in [3.05, 3.63) is 23.9 Å². The fourth-order valence-corrected chi connectivity index (χ4v) is 4.37. The van der Waals surface area contributed by atoms with Gasteiger partial charge in [-0.05, 0) is 50.8 Å². The van der Waals surface area contributed by atoms with E-state index in [0.717, 1.165) is 57.0 Å². The largest absolute Gasteiger partial charge is 0.461 e. The smallest absolute Gasteiger partial charge is 0.312 e. The van der Waals surface area contributed by atoms with Crippen molar-refractivity contribution in [3.8, 4) is 0 Å². The zero-order valence-electron chi connectivity index (χ0n) is 14.5. The van der Waals surface area contributed by atoms with Gasteiger partial charge in [0.2, 0.25) is 0 Å². The number of cyclic esters (lactones) is 1. The van der Waals surface area contributed by atoms with Crippen molar-refractivity contribution >= 4 is 11.8 Å². The molecule has 2 saturated heterocycles. The number of hydrogen-bond acceptors (Lipinski definition) is 5. The molecule has 0 radical (unpaired) electrons. The van der Waals surface area contributed by atoms with Crippen LogP contribution in [0.5, 0.6) is 0 Å². The van der Waals surface area contributed by atoms with Gasteiger partial charge in [0.15, 0.2) is 0 Å². The Bertz CT molecular complexity index is 614. The van der Waals surface area contributed by atoms with Gasteiger partial charge in [-0.3, -0.25) is 9.69 Å². The van der Waals surface area contributed by atoms with Crippen molar-refractivity contribution in [2.75, 3.05) is 31.5 Å². The van der Waals surface area contributed by atoms with Crippen LogP contribution >= 0.6 is 0 Å². The van der Waals surface area contributed by atoms with Gasteiger partial charge in [0.05, 0.1) is 5.41 Å². The molecule has 4 rings (SSSR count). The molecule has 3 heterocycles. The van der Waals surface area contributed by atoms with E-state index in [-0.39, 0.29) is 17.5 Å². The number of likely N-dealkylation sites (tertiary alicyclic amines) is 1. The van der Waals surface area contributed by atoms with Crippen LogP contribution < -0.4 is 5.32 Å². The van der Waals surface area contributed by atoms with Gasteiger partial charge in [-0.15, -0.1) is 0 Å². The third-order valence-corrected chi connectivity index (χ3v) is 5.93. The number of nitrogens with zero attached hydrogens (tertiary/aromatic N) is 2. The highest BCUT2D eigenvalue weighted by molar-refractivity contribution is 5.80. The van der Waals surface area contributed by atoms with Crippen LogP contribution in [0.15, 0.2) is 18.2 Å². The number of nitrogens with one attached hydrogen (secondary N) is 1. The Hall–Kier alpha value is -1.62. The zero-order chi connectivity index (χ0) is 16.6. The molecule has 3 fully saturated rings. The maximum Gasteiger partial charge on any atom is 0.312 e. The minimum atomic E-state index is -0.0951. The van der Waals surface area contributed by atoms with Crippen LogP contribution in [0.2, 0.25) is 0 Å². The maximum absolute atomic E-state index is 12.1. The molecule has 5 heteroatoms. The summed E-state index contributed by atoms with van der Waals surface area (Å²) in [6, 6.07) is 6.08. The fourth-order valence-electron chi connectivity index (χ4n) is 4.37. The molecule has 1 N–H and O–H groups in total. The van der Waals surface area contributed by atoms with Crippen molar-refractivity contribution in [2.24, 2.45) is 11.3 Å². The molecule has 1 aromatic rings. The van der Waals surface area contributed by atoms with Gasteiger partial charge in [0.1, 0.15) is 11.9 Å². The van der Waals surface area contributed by atoms with Gasteiger partial charge in [0, 0.05) is 31.7 Å². The topological polar surface area (TPSA) is 54.5 Å². The first-order chi connectivity index (χ1) is 11.6. The number of aryl methyl sites for hydroxylation is 1. The molecule has 1 saturated carbocycles. The Kier molecular flexibility index (Phi) is 4.21. The van der Waals surface area contributed by atoms with Gasteiger partial charge < -0.3 is 10.1 Å². The summed E-state index contributed by atoms with van der Waals surface area (Å²) in [7, 11) is 0. The number of ether oxygens (including phenoxy) is 1.